The average molecular weight is 356 g/mol. The molecular formula is C17H32N4O4. The van der Waals surface area contributed by atoms with Gasteiger partial charge < -0.3 is 26.8 Å². The number of carbonyl (C=O) groups excluding carboxylic acids is 2. The fraction of sp³-hybridized carbons (Fsp3) is 0.824. The first-order chi connectivity index (χ1) is 11.8. The van der Waals surface area contributed by atoms with Crippen molar-refractivity contribution in [1.29, 1.82) is 0 Å². The summed E-state index contributed by atoms with van der Waals surface area (Å²) in [7, 11) is 0. The first-order valence-corrected chi connectivity index (χ1v) is 9.07. The maximum Gasteiger partial charge on any atom is 0.326 e. The molecule has 25 heavy (non-hydrogen) atoms. The van der Waals surface area contributed by atoms with Crippen molar-refractivity contribution in [1.82, 2.24) is 10.2 Å². The molecule has 8 heteroatoms. The van der Waals surface area contributed by atoms with Crippen LogP contribution in [-0.4, -0.2) is 59.0 Å². The van der Waals surface area contributed by atoms with Gasteiger partial charge in [-0.1, -0.05) is 13.8 Å². The van der Waals surface area contributed by atoms with Crippen LogP contribution in [0.2, 0.25) is 0 Å². The van der Waals surface area contributed by atoms with Crippen LogP contribution in [0.3, 0.4) is 0 Å². The van der Waals surface area contributed by atoms with Gasteiger partial charge in [0.05, 0.1) is 6.04 Å². The standard InChI is InChI=1S/C17H32N4O4/c1-11(2)10-12(19)16(23)21-9-5-7-14(21)15(22)20-13(17(24)25)6-3-4-8-18/h11-14H,3-10,18-19H2,1-2H3,(H,20,22)(H,24,25). The Morgan fingerprint density at radius 1 is 1.28 bits per heavy atom. The van der Waals surface area contributed by atoms with Crippen LogP contribution in [0.15, 0.2) is 0 Å². The third kappa shape index (κ3) is 6.62. The maximum absolute atomic E-state index is 12.5. The number of amides is 2. The van der Waals surface area contributed by atoms with Crippen molar-refractivity contribution in [3.05, 3.63) is 0 Å². The Morgan fingerprint density at radius 3 is 2.52 bits per heavy atom. The zero-order chi connectivity index (χ0) is 19.0. The van der Waals surface area contributed by atoms with Gasteiger partial charge in [-0.2, -0.15) is 0 Å². The van der Waals surface area contributed by atoms with Gasteiger partial charge in [0, 0.05) is 6.54 Å². The van der Waals surface area contributed by atoms with Crippen molar-refractivity contribution in [3.8, 4) is 0 Å². The molecule has 8 nitrogen and oxygen atoms in total. The molecule has 0 spiro atoms. The van der Waals surface area contributed by atoms with E-state index >= 15 is 0 Å². The van der Waals surface area contributed by atoms with E-state index in [0.717, 1.165) is 0 Å². The molecule has 3 unspecified atom stereocenters. The molecule has 0 radical (unpaired) electrons. The molecule has 0 aromatic heterocycles. The van der Waals surface area contributed by atoms with Gasteiger partial charge in [0.1, 0.15) is 12.1 Å². The number of carboxylic acids is 1. The van der Waals surface area contributed by atoms with Gasteiger partial charge in [-0.05, 0) is 51.0 Å². The summed E-state index contributed by atoms with van der Waals surface area (Å²) in [6, 6.07) is -2.23. The van der Waals surface area contributed by atoms with Gasteiger partial charge in [-0.25, -0.2) is 4.79 Å². The Bertz CT molecular complexity index is 470. The molecule has 6 N–H and O–H groups in total. The van der Waals surface area contributed by atoms with Crippen LogP contribution in [0.4, 0.5) is 0 Å². The number of likely N-dealkylation sites (tertiary alicyclic amines) is 1. The van der Waals surface area contributed by atoms with E-state index in [2.05, 4.69) is 5.32 Å². The fourth-order valence-corrected chi connectivity index (χ4v) is 3.14. The second-order valence-electron chi connectivity index (χ2n) is 7.11. The quantitative estimate of drug-likeness (QED) is 0.408. The van der Waals surface area contributed by atoms with E-state index in [1.54, 1.807) is 0 Å². The number of nitrogens with one attached hydrogen (secondary N) is 1. The monoisotopic (exact) mass is 356 g/mol. The van der Waals surface area contributed by atoms with Crippen molar-refractivity contribution >= 4 is 17.8 Å². The molecule has 1 heterocycles. The largest absolute Gasteiger partial charge is 0.480 e. The van der Waals surface area contributed by atoms with Crippen molar-refractivity contribution in [2.75, 3.05) is 13.1 Å². The Hall–Kier alpha value is -1.67. The molecule has 0 aliphatic carbocycles. The molecule has 1 rings (SSSR count). The van der Waals surface area contributed by atoms with E-state index in [1.165, 1.54) is 4.90 Å². The number of hydrogen-bond acceptors (Lipinski definition) is 5. The summed E-state index contributed by atoms with van der Waals surface area (Å²) < 4.78 is 0. The topological polar surface area (TPSA) is 139 Å². The summed E-state index contributed by atoms with van der Waals surface area (Å²) in [5.74, 6) is -1.44. The number of nitrogens with two attached hydrogens (primary N) is 2. The minimum absolute atomic E-state index is 0.235. The number of nitrogens with zero attached hydrogens (tertiary/aromatic N) is 1. The van der Waals surface area contributed by atoms with Crippen molar-refractivity contribution in [2.24, 2.45) is 17.4 Å². The lowest BCUT2D eigenvalue weighted by Crippen LogP contribution is -2.54. The highest BCUT2D eigenvalue weighted by Crippen LogP contribution is 2.20. The smallest absolute Gasteiger partial charge is 0.326 e. The van der Waals surface area contributed by atoms with E-state index in [9.17, 15) is 19.5 Å². The molecule has 1 saturated heterocycles. The van der Waals surface area contributed by atoms with E-state index in [4.69, 9.17) is 11.5 Å². The van der Waals surface area contributed by atoms with Crippen molar-refractivity contribution < 1.29 is 19.5 Å². The predicted molar refractivity (Wildman–Crippen MR) is 94.6 cm³/mol. The van der Waals surface area contributed by atoms with Gasteiger partial charge in [-0.3, -0.25) is 9.59 Å². The molecule has 1 aliphatic heterocycles. The number of unbranched alkanes of at least 4 members (excludes halogenated alkanes) is 1. The lowest BCUT2D eigenvalue weighted by molar-refractivity contribution is -0.144. The van der Waals surface area contributed by atoms with Gasteiger partial charge >= 0.3 is 5.97 Å². The number of carbonyl (C=O) groups is 3. The highest BCUT2D eigenvalue weighted by Gasteiger charge is 2.37. The number of hydrogen-bond donors (Lipinski definition) is 4. The summed E-state index contributed by atoms with van der Waals surface area (Å²) >= 11 is 0. The Balaban J connectivity index is 2.68. The van der Waals surface area contributed by atoms with Crippen LogP contribution in [0.5, 0.6) is 0 Å². The normalized spacial score (nSPS) is 19.7. The van der Waals surface area contributed by atoms with Crippen molar-refractivity contribution in [3.63, 3.8) is 0 Å². The van der Waals surface area contributed by atoms with Crippen LogP contribution in [0.25, 0.3) is 0 Å². The van der Waals surface area contributed by atoms with Gasteiger partial charge in [0.25, 0.3) is 0 Å². The third-order valence-electron chi connectivity index (χ3n) is 4.44. The third-order valence-corrected chi connectivity index (χ3v) is 4.44. The molecule has 1 aliphatic rings. The fourth-order valence-electron chi connectivity index (χ4n) is 3.14. The average Bonchev–Trinajstić information content (AvgIpc) is 3.01. The molecule has 1 fully saturated rings. The van der Waals surface area contributed by atoms with E-state index < -0.39 is 30.0 Å². The molecular weight excluding hydrogens is 324 g/mol. The van der Waals surface area contributed by atoms with Crippen molar-refractivity contribution in [2.45, 2.75) is 70.5 Å². The van der Waals surface area contributed by atoms with E-state index in [1.807, 2.05) is 13.8 Å². The minimum atomic E-state index is -1.07. The summed E-state index contributed by atoms with van der Waals surface area (Å²) in [5, 5.41) is 11.8. The van der Waals surface area contributed by atoms with Crippen LogP contribution >= 0.6 is 0 Å². The van der Waals surface area contributed by atoms with Gasteiger partial charge in [0.2, 0.25) is 11.8 Å². The number of carboxylic acid groups (broad SMARTS) is 1. The molecule has 0 aromatic carbocycles. The van der Waals surface area contributed by atoms with E-state index in [-0.39, 0.29) is 11.8 Å². The number of rotatable bonds is 10. The first kappa shape index (κ1) is 21.4. The minimum Gasteiger partial charge on any atom is -0.480 e. The lowest BCUT2D eigenvalue weighted by Gasteiger charge is -2.28. The van der Waals surface area contributed by atoms with Gasteiger partial charge in [-0.15, -0.1) is 0 Å². The molecule has 0 aromatic rings. The summed E-state index contributed by atoms with van der Waals surface area (Å²) in [6.07, 6.45) is 3.45. The van der Waals surface area contributed by atoms with Crippen LogP contribution < -0.4 is 16.8 Å². The predicted octanol–water partition coefficient (Wildman–Crippen LogP) is 0.0492. The van der Waals surface area contributed by atoms with Crippen LogP contribution in [-0.2, 0) is 14.4 Å². The SMILES string of the molecule is CC(C)CC(N)C(=O)N1CCCC1C(=O)NC(CCCCN)C(=O)O. The summed E-state index contributed by atoms with van der Waals surface area (Å²) in [5.41, 5.74) is 11.4. The Labute approximate surface area is 149 Å². The lowest BCUT2D eigenvalue weighted by atomic mass is 10.0. The van der Waals surface area contributed by atoms with E-state index in [0.29, 0.717) is 51.6 Å². The zero-order valence-corrected chi connectivity index (χ0v) is 15.2. The highest BCUT2D eigenvalue weighted by molar-refractivity contribution is 5.92. The number of aliphatic carboxylic acids is 1. The molecule has 144 valence electrons. The molecule has 2 amide bonds. The first-order valence-electron chi connectivity index (χ1n) is 9.07. The summed E-state index contributed by atoms with van der Waals surface area (Å²) in [6.45, 7) is 4.94. The summed E-state index contributed by atoms with van der Waals surface area (Å²) in [4.78, 5) is 37.9. The highest BCUT2D eigenvalue weighted by atomic mass is 16.4. The Morgan fingerprint density at radius 2 is 1.96 bits per heavy atom. The second kappa shape index (κ2) is 10.4. The Kier molecular flexibility index (Phi) is 8.85. The molecule has 3 atom stereocenters. The van der Waals surface area contributed by atoms with Crippen LogP contribution in [0, 0.1) is 5.92 Å². The second-order valence-corrected chi connectivity index (χ2v) is 7.11. The maximum atomic E-state index is 12.5. The molecule has 0 bridgehead atoms. The van der Waals surface area contributed by atoms with Crippen LogP contribution in [0.1, 0.15) is 52.4 Å². The zero-order valence-electron chi connectivity index (χ0n) is 15.2. The van der Waals surface area contributed by atoms with Gasteiger partial charge in [0.15, 0.2) is 0 Å². The molecule has 0 saturated carbocycles.